The number of rotatable bonds is 8. The highest BCUT2D eigenvalue weighted by Crippen LogP contribution is 2.42. The summed E-state index contributed by atoms with van der Waals surface area (Å²) in [5.41, 5.74) is 1.28. The summed E-state index contributed by atoms with van der Waals surface area (Å²) >= 11 is 0. The molecule has 1 aromatic heterocycles. The number of ether oxygens (including phenoxy) is 2. The van der Waals surface area contributed by atoms with Crippen LogP contribution < -0.4 is 14.8 Å². The number of hydrogen-bond acceptors (Lipinski definition) is 5. The zero-order valence-corrected chi connectivity index (χ0v) is 19.5. The molecule has 0 aliphatic heterocycles. The molecule has 8 nitrogen and oxygen atoms in total. The fraction of sp³-hybridized carbons (Fsp3) is 0.609. The van der Waals surface area contributed by atoms with E-state index in [0.717, 1.165) is 49.2 Å². The summed E-state index contributed by atoms with van der Waals surface area (Å²) in [5.74, 6) is 3.33. The van der Waals surface area contributed by atoms with Crippen molar-refractivity contribution in [1.82, 2.24) is 25.0 Å². The lowest BCUT2D eigenvalue weighted by atomic mass is 9.69. The molecule has 1 saturated carbocycles. The van der Waals surface area contributed by atoms with E-state index in [1.807, 2.05) is 20.2 Å². The molecule has 1 fully saturated rings. The Balaban J connectivity index is 1.87. The zero-order valence-electron chi connectivity index (χ0n) is 19.5. The number of nitrogens with zero attached hydrogens (tertiary/aromatic N) is 5. The Morgan fingerprint density at radius 1 is 1.19 bits per heavy atom. The lowest BCUT2D eigenvalue weighted by molar-refractivity contribution is 0.296. The van der Waals surface area contributed by atoms with Crippen LogP contribution >= 0.6 is 0 Å². The second-order valence-corrected chi connectivity index (χ2v) is 8.24. The molecule has 31 heavy (non-hydrogen) atoms. The predicted octanol–water partition coefficient (Wildman–Crippen LogP) is 3.13. The van der Waals surface area contributed by atoms with E-state index in [1.54, 1.807) is 25.2 Å². The topological polar surface area (TPSA) is 76.8 Å². The Morgan fingerprint density at radius 3 is 2.55 bits per heavy atom. The first-order valence-electron chi connectivity index (χ1n) is 11.1. The standard InChI is InChI=1S/C23H36N6O2/c1-6-24-22(28(2)15-21-26-17-27-29(21)3)25-16-23(12-8-7-9-13-23)18-10-11-19(30-4)20(14-18)31-5/h10-11,14,17H,6-9,12-13,15-16H2,1-5H3,(H,24,25). The van der Waals surface area contributed by atoms with Crippen molar-refractivity contribution in [2.75, 3.05) is 34.4 Å². The molecule has 8 heteroatoms. The van der Waals surface area contributed by atoms with Gasteiger partial charge in [-0.2, -0.15) is 5.10 Å². The number of aromatic nitrogens is 3. The van der Waals surface area contributed by atoms with Crippen LogP contribution in [-0.4, -0.2) is 60.0 Å². The maximum absolute atomic E-state index is 5.59. The second-order valence-electron chi connectivity index (χ2n) is 8.24. The molecule has 0 amide bonds. The van der Waals surface area contributed by atoms with Crippen LogP contribution in [0.2, 0.25) is 0 Å². The van der Waals surface area contributed by atoms with Gasteiger partial charge in [-0.3, -0.25) is 9.67 Å². The van der Waals surface area contributed by atoms with Gasteiger partial charge in [0.25, 0.3) is 0 Å². The molecule has 2 aromatic rings. The lowest BCUT2D eigenvalue weighted by Gasteiger charge is -2.37. The third-order valence-corrected chi connectivity index (χ3v) is 6.22. The van der Waals surface area contributed by atoms with Crippen LogP contribution in [0.4, 0.5) is 0 Å². The van der Waals surface area contributed by atoms with E-state index >= 15 is 0 Å². The van der Waals surface area contributed by atoms with Crippen LogP contribution in [0.3, 0.4) is 0 Å². The van der Waals surface area contributed by atoms with Gasteiger partial charge in [-0.1, -0.05) is 25.3 Å². The fourth-order valence-corrected chi connectivity index (χ4v) is 4.38. The van der Waals surface area contributed by atoms with Gasteiger partial charge in [0.15, 0.2) is 17.5 Å². The van der Waals surface area contributed by atoms with Crippen molar-refractivity contribution >= 4 is 5.96 Å². The molecule has 0 spiro atoms. The minimum Gasteiger partial charge on any atom is -0.493 e. The van der Waals surface area contributed by atoms with Crippen LogP contribution in [0.5, 0.6) is 11.5 Å². The number of aliphatic imine (C=N–C) groups is 1. The smallest absolute Gasteiger partial charge is 0.194 e. The molecule has 1 aromatic carbocycles. The molecule has 0 unspecified atom stereocenters. The highest BCUT2D eigenvalue weighted by Gasteiger charge is 2.35. The van der Waals surface area contributed by atoms with Crippen molar-refractivity contribution in [3.63, 3.8) is 0 Å². The second kappa shape index (κ2) is 10.5. The molecule has 3 rings (SSSR count). The molecule has 1 aliphatic rings. The first-order valence-corrected chi connectivity index (χ1v) is 11.1. The average Bonchev–Trinajstić information content (AvgIpc) is 3.20. The monoisotopic (exact) mass is 428 g/mol. The van der Waals surface area contributed by atoms with Gasteiger partial charge in [0, 0.05) is 26.1 Å². The van der Waals surface area contributed by atoms with Crippen molar-refractivity contribution in [2.24, 2.45) is 12.0 Å². The highest BCUT2D eigenvalue weighted by atomic mass is 16.5. The predicted molar refractivity (Wildman–Crippen MR) is 123 cm³/mol. The average molecular weight is 429 g/mol. The van der Waals surface area contributed by atoms with Crippen LogP contribution in [-0.2, 0) is 19.0 Å². The highest BCUT2D eigenvalue weighted by molar-refractivity contribution is 5.79. The number of guanidine groups is 1. The van der Waals surface area contributed by atoms with Gasteiger partial charge in [0.2, 0.25) is 0 Å². The third-order valence-electron chi connectivity index (χ3n) is 6.22. The number of hydrogen-bond donors (Lipinski definition) is 1. The van der Waals surface area contributed by atoms with Crippen molar-refractivity contribution in [3.05, 3.63) is 35.9 Å². The van der Waals surface area contributed by atoms with E-state index in [9.17, 15) is 0 Å². The van der Waals surface area contributed by atoms with Gasteiger partial charge in [-0.25, -0.2) is 4.98 Å². The van der Waals surface area contributed by atoms with Gasteiger partial charge in [0.05, 0.1) is 27.3 Å². The van der Waals surface area contributed by atoms with Gasteiger partial charge in [-0.15, -0.1) is 0 Å². The summed E-state index contributed by atoms with van der Waals surface area (Å²) in [5, 5.41) is 7.61. The Morgan fingerprint density at radius 2 is 1.94 bits per heavy atom. The first-order chi connectivity index (χ1) is 15.0. The summed E-state index contributed by atoms with van der Waals surface area (Å²) in [7, 11) is 7.32. The maximum Gasteiger partial charge on any atom is 0.194 e. The van der Waals surface area contributed by atoms with Crippen LogP contribution in [0.25, 0.3) is 0 Å². The van der Waals surface area contributed by atoms with Crippen molar-refractivity contribution in [3.8, 4) is 11.5 Å². The largest absolute Gasteiger partial charge is 0.493 e. The van der Waals surface area contributed by atoms with Gasteiger partial charge < -0.3 is 19.7 Å². The Bertz CT molecular complexity index is 873. The molecule has 0 atom stereocenters. The minimum absolute atomic E-state index is 0.00406. The molecule has 1 heterocycles. The van der Waals surface area contributed by atoms with E-state index in [4.69, 9.17) is 14.5 Å². The summed E-state index contributed by atoms with van der Waals surface area (Å²) < 4.78 is 12.8. The van der Waals surface area contributed by atoms with Gasteiger partial charge in [0.1, 0.15) is 12.2 Å². The minimum atomic E-state index is 0.00406. The van der Waals surface area contributed by atoms with E-state index in [1.165, 1.54) is 24.8 Å². The van der Waals surface area contributed by atoms with E-state index < -0.39 is 0 Å². The normalized spacial score (nSPS) is 16.1. The van der Waals surface area contributed by atoms with Gasteiger partial charge in [-0.05, 0) is 37.5 Å². The SMILES string of the molecule is CCNC(=NCC1(c2ccc(OC)c(OC)c2)CCCCC1)N(C)Cc1ncnn1C. The fourth-order valence-electron chi connectivity index (χ4n) is 4.38. The van der Waals surface area contributed by atoms with Crippen LogP contribution in [0, 0.1) is 0 Å². The van der Waals surface area contributed by atoms with E-state index in [-0.39, 0.29) is 5.41 Å². The third kappa shape index (κ3) is 5.29. The molecular weight excluding hydrogens is 392 g/mol. The van der Waals surface area contributed by atoms with Crippen molar-refractivity contribution in [1.29, 1.82) is 0 Å². The number of benzene rings is 1. The van der Waals surface area contributed by atoms with E-state index in [2.05, 4.69) is 39.4 Å². The Kier molecular flexibility index (Phi) is 7.76. The van der Waals surface area contributed by atoms with Crippen molar-refractivity contribution in [2.45, 2.75) is 51.0 Å². The van der Waals surface area contributed by atoms with Crippen LogP contribution in [0.15, 0.2) is 29.5 Å². The molecule has 0 bridgehead atoms. The number of methoxy groups -OCH3 is 2. The molecular formula is C23H36N6O2. The first kappa shape index (κ1) is 22.9. The molecule has 1 aliphatic carbocycles. The van der Waals surface area contributed by atoms with Crippen LogP contribution in [0.1, 0.15) is 50.4 Å². The molecule has 0 saturated heterocycles. The lowest BCUT2D eigenvalue weighted by Crippen LogP contribution is -2.41. The summed E-state index contributed by atoms with van der Waals surface area (Å²) in [6.07, 6.45) is 7.55. The Hall–Kier alpha value is -2.77. The quantitative estimate of drug-likeness (QED) is 0.514. The number of aryl methyl sites for hydroxylation is 1. The maximum atomic E-state index is 5.59. The molecule has 170 valence electrons. The summed E-state index contributed by atoms with van der Waals surface area (Å²) in [6.45, 7) is 4.28. The van der Waals surface area contributed by atoms with Gasteiger partial charge >= 0.3 is 0 Å². The number of nitrogens with one attached hydrogen (secondary N) is 1. The summed E-state index contributed by atoms with van der Waals surface area (Å²) in [4.78, 5) is 11.6. The summed E-state index contributed by atoms with van der Waals surface area (Å²) in [6, 6.07) is 6.33. The zero-order chi connectivity index (χ0) is 22.3. The van der Waals surface area contributed by atoms with E-state index in [0.29, 0.717) is 6.54 Å². The van der Waals surface area contributed by atoms with Crippen molar-refractivity contribution < 1.29 is 9.47 Å². The molecule has 1 N–H and O–H groups in total. The Labute approximate surface area is 185 Å². The molecule has 0 radical (unpaired) electrons.